The fourth-order valence-electron chi connectivity index (χ4n) is 7.11. The second-order valence-electron chi connectivity index (χ2n) is 14.5. The molecule has 0 N–H and O–H groups in total. The molecule has 1 heterocycles. The standard InChI is InChI=1S/C42H48N2O/c1-8-9-10-11-12-13-24-42(7)36-26-28(2)14-23-34(36)38-35(25-29(3)27-37(38)42)30-15-17-31(18-16-30)39-43-44-40(45-39)32-19-21-33(22-20-32)41(4,5)6/h14-23,25-27H,8-13,24H2,1-7H3. The summed E-state index contributed by atoms with van der Waals surface area (Å²) in [5, 5.41) is 8.77. The summed E-state index contributed by atoms with van der Waals surface area (Å²) in [7, 11) is 0. The van der Waals surface area contributed by atoms with Gasteiger partial charge in [0.1, 0.15) is 0 Å². The summed E-state index contributed by atoms with van der Waals surface area (Å²) in [6.45, 7) is 15.9. The Morgan fingerprint density at radius 3 is 1.84 bits per heavy atom. The van der Waals surface area contributed by atoms with E-state index in [1.807, 2.05) is 0 Å². The molecule has 232 valence electrons. The van der Waals surface area contributed by atoms with E-state index in [9.17, 15) is 0 Å². The summed E-state index contributed by atoms with van der Waals surface area (Å²) < 4.78 is 6.15. The number of hydrogen-bond donors (Lipinski definition) is 0. The largest absolute Gasteiger partial charge is 0.416 e. The van der Waals surface area contributed by atoms with Crippen molar-refractivity contribution in [3.63, 3.8) is 0 Å². The van der Waals surface area contributed by atoms with Crippen LogP contribution >= 0.6 is 0 Å². The molecule has 0 saturated heterocycles. The Morgan fingerprint density at radius 1 is 0.622 bits per heavy atom. The third kappa shape index (κ3) is 6.15. The van der Waals surface area contributed by atoms with Crippen molar-refractivity contribution >= 4 is 0 Å². The highest BCUT2D eigenvalue weighted by Crippen LogP contribution is 2.55. The molecule has 0 radical (unpaired) electrons. The van der Waals surface area contributed by atoms with Crippen LogP contribution in [-0.2, 0) is 10.8 Å². The van der Waals surface area contributed by atoms with Crippen molar-refractivity contribution in [2.75, 3.05) is 0 Å². The zero-order valence-electron chi connectivity index (χ0n) is 28.3. The predicted molar refractivity (Wildman–Crippen MR) is 189 cm³/mol. The van der Waals surface area contributed by atoms with Crippen LogP contribution in [0.5, 0.6) is 0 Å². The van der Waals surface area contributed by atoms with Gasteiger partial charge < -0.3 is 4.42 Å². The lowest BCUT2D eigenvalue weighted by molar-refractivity contribution is 0.480. The minimum absolute atomic E-state index is 0.0212. The van der Waals surface area contributed by atoms with Crippen molar-refractivity contribution in [2.24, 2.45) is 0 Å². The summed E-state index contributed by atoms with van der Waals surface area (Å²) >= 11 is 0. The Bertz CT molecular complexity index is 1790. The molecule has 1 aromatic heterocycles. The van der Waals surface area contributed by atoms with Gasteiger partial charge in [-0.2, -0.15) is 0 Å². The first-order chi connectivity index (χ1) is 21.6. The minimum atomic E-state index is 0.0212. The van der Waals surface area contributed by atoms with Gasteiger partial charge in [-0.3, -0.25) is 0 Å². The van der Waals surface area contributed by atoms with Gasteiger partial charge in [-0.25, -0.2) is 0 Å². The number of aryl methyl sites for hydroxylation is 2. The van der Waals surface area contributed by atoms with Crippen LogP contribution in [0.15, 0.2) is 83.3 Å². The van der Waals surface area contributed by atoms with E-state index in [-0.39, 0.29) is 10.8 Å². The third-order valence-electron chi connectivity index (χ3n) is 9.81. The lowest BCUT2D eigenvalue weighted by Gasteiger charge is -2.28. The minimum Gasteiger partial charge on any atom is -0.416 e. The van der Waals surface area contributed by atoms with Crippen LogP contribution < -0.4 is 0 Å². The SMILES string of the molecule is CCCCCCCCC1(C)c2cc(C)ccc2-c2c(-c3ccc(-c4nnc(-c5ccc(C(C)(C)C)cc5)o4)cc3)cc(C)cc21. The van der Waals surface area contributed by atoms with Crippen molar-refractivity contribution in [2.45, 2.75) is 104 Å². The number of nitrogens with zero attached hydrogens (tertiary/aromatic N) is 2. The number of fused-ring (bicyclic) bond motifs is 3. The molecule has 3 nitrogen and oxygen atoms in total. The van der Waals surface area contributed by atoms with Gasteiger partial charge in [-0.1, -0.05) is 139 Å². The van der Waals surface area contributed by atoms with E-state index in [1.54, 1.807) is 0 Å². The summed E-state index contributed by atoms with van der Waals surface area (Å²) in [5.41, 5.74) is 14.2. The van der Waals surface area contributed by atoms with E-state index in [1.165, 1.54) is 95.0 Å². The lowest BCUT2D eigenvalue weighted by Crippen LogP contribution is -2.21. The second-order valence-corrected chi connectivity index (χ2v) is 14.5. The first-order valence-corrected chi connectivity index (χ1v) is 16.9. The van der Waals surface area contributed by atoms with Crippen molar-refractivity contribution in [1.29, 1.82) is 0 Å². The maximum atomic E-state index is 6.15. The number of hydrogen-bond acceptors (Lipinski definition) is 3. The average Bonchev–Trinajstić information content (AvgIpc) is 3.61. The lowest BCUT2D eigenvalue weighted by atomic mass is 9.75. The molecule has 0 saturated carbocycles. The highest BCUT2D eigenvalue weighted by atomic mass is 16.4. The van der Waals surface area contributed by atoms with Gasteiger partial charge in [-0.05, 0) is 88.9 Å². The molecule has 0 aliphatic heterocycles. The van der Waals surface area contributed by atoms with Gasteiger partial charge in [-0.15, -0.1) is 10.2 Å². The van der Waals surface area contributed by atoms with Gasteiger partial charge in [0.05, 0.1) is 0 Å². The molecule has 0 amide bonds. The maximum absolute atomic E-state index is 6.15. The first kappa shape index (κ1) is 31.0. The molecule has 0 fully saturated rings. The van der Waals surface area contributed by atoms with Crippen molar-refractivity contribution < 1.29 is 4.42 Å². The number of rotatable bonds is 10. The van der Waals surface area contributed by atoms with Crippen molar-refractivity contribution in [1.82, 2.24) is 10.2 Å². The molecule has 1 aliphatic rings. The summed E-state index contributed by atoms with van der Waals surface area (Å²) in [6, 6.07) is 29.0. The van der Waals surface area contributed by atoms with Crippen molar-refractivity contribution in [3.05, 3.63) is 107 Å². The molecular weight excluding hydrogens is 548 g/mol. The van der Waals surface area contributed by atoms with Crippen LogP contribution in [-0.4, -0.2) is 10.2 Å². The van der Waals surface area contributed by atoms with E-state index in [4.69, 9.17) is 4.42 Å². The van der Waals surface area contributed by atoms with E-state index in [2.05, 4.69) is 138 Å². The molecule has 1 unspecified atom stereocenters. The molecule has 1 aliphatic carbocycles. The highest BCUT2D eigenvalue weighted by molar-refractivity contribution is 5.93. The smallest absolute Gasteiger partial charge is 0.248 e. The van der Waals surface area contributed by atoms with Crippen molar-refractivity contribution in [3.8, 4) is 45.2 Å². The molecule has 5 aromatic rings. The maximum Gasteiger partial charge on any atom is 0.248 e. The van der Waals surface area contributed by atoms with Crippen LogP contribution in [0.2, 0.25) is 0 Å². The molecule has 6 rings (SSSR count). The molecule has 4 aromatic carbocycles. The summed E-state index contributed by atoms with van der Waals surface area (Å²) in [4.78, 5) is 0. The Morgan fingerprint density at radius 2 is 1.20 bits per heavy atom. The van der Waals surface area contributed by atoms with Gasteiger partial charge in [0, 0.05) is 16.5 Å². The number of benzene rings is 4. The molecule has 0 spiro atoms. The molecule has 0 bridgehead atoms. The third-order valence-corrected chi connectivity index (χ3v) is 9.81. The summed E-state index contributed by atoms with van der Waals surface area (Å²) in [6.07, 6.45) is 9.10. The Balaban J connectivity index is 1.30. The van der Waals surface area contributed by atoms with Crippen LogP contribution in [0, 0.1) is 13.8 Å². The van der Waals surface area contributed by atoms with Gasteiger partial charge >= 0.3 is 0 Å². The topological polar surface area (TPSA) is 38.9 Å². The fourth-order valence-corrected chi connectivity index (χ4v) is 7.11. The Hall–Kier alpha value is -3.98. The van der Waals surface area contributed by atoms with Crippen LogP contribution in [0.4, 0.5) is 0 Å². The van der Waals surface area contributed by atoms with Gasteiger partial charge in [0.25, 0.3) is 0 Å². The van der Waals surface area contributed by atoms with E-state index < -0.39 is 0 Å². The zero-order valence-corrected chi connectivity index (χ0v) is 28.3. The molecule has 1 atom stereocenters. The van der Waals surface area contributed by atoms with Crippen LogP contribution in [0.3, 0.4) is 0 Å². The van der Waals surface area contributed by atoms with E-state index in [0.717, 1.165) is 11.1 Å². The van der Waals surface area contributed by atoms with E-state index >= 15 is 0 Å². The Kier molecular flexibility index (Phi) is 8.57. The monoisotopic (exact) mass is 596 g/mol. The number of aromatic nitrogens is 2. The van der Waals surface area contributed by atoms with Gasteiger partial charge in [0.2, 0.25) is 11.8 Å². The fraction of sp³-hybridized carbons (Fsp3) is 0.381. The Labute approximate surface area is 270 Å². The molecular formula is C42H48N2O. The van der Waals surface area contributed by atoms with Crippen LogP contribution in [0.1, 0.15) is 107 Å². The zero-order chi connectivity index (χ0) is 31.8. The second kappa shape index (κ2) is 12.4. The average molecular weight is 597 g/mol. The van der Waals surface area contributed by atoms with E-state index in [0.29, 0.717) is 11.8 Å². The highest BCUT2D eigenvalue weighted by Gasteiger charge is 2.40. The molecule has 45 heavy (non-hydrogen) atoms. The van der Waals surface area contributed by atoms with Gasteiger partial charge in [0.15, 0.2) is 0 Å². The quantitative estimate of drug-likeness (QED) is 0.151. The number of unbranched alkanes of at least 4 members (excludes halogenated alkanes) is 5. The molecule has 3 heteroatoms. The first-order valence-electron chi connectivity index (χ1n) is 16.9. The normalized spacial score (nSPS) is 15.7. The van der Waals surface area contributed by atoms with Crippen LogP contribution in [0.25, 0.3) is 45.2 Å². The predicted octanol–water partition coefficient (Wildman–Crippen LogP) is 12.0. The summed E-state index contributed by atoms with van der Waals surface area (Å²) in [5.74, 6) is 1.08.